The molecule has 0 aliphatic carbocycles. The van der Waals surface area contributed by atoms with Gasteiger partial charge in [-0.1, -0.05) is 117 Å². The molecule has 0 saturated carbocycles. The molecule has 4 aliphatic rings. The molecule has 4 saturated heterocycles. The zero-order valence-corrected chi connectivity index (χ0v) is 39.5. The summed E-state index contributed by atoms with van der Waals surface area (Å²) in [6.07, 6.45) is -12.5. The Labute approximate surface area is 394 Å². The minimum Gasteiger partial charge on any atom is -0.394 e. The van der Waals surface area contributed by atoms with Gasteiger partial charge >= 0.3 is 0 Å². The van der Waals surface area contributed by atoms with Crippen molar-refractivity contribution in [2.45, 2.75) is 246 Å². The molecule has 396 valence electrons. The summed E-state index contributed by atoms with van der Waals surface area (Å²) in [5.41, 5.74) is -0.843. The van der Waals surface area contributed by atoms with Crippen LogP contribution in [0.15, 0.2) is 0 Å². The first-order valence-corrected chi connectivity index (χ1v) is 24.9. The van der Waals surface area contributed by atoms with Crippen LogP contribution in [0.25, 0.3) is 0 Å². The molecule has 21 nitrogen and oxygen atoms in total. The van der Waals surface area contributed by atoms with Crippen molar-refractivity contribution in [2.75, 3.05) is 39.6 Å². The molecule has 0 aromatic heterocycles. The Morgan fingerprint density at radius 3 is 1.21 bits per heavy atom. The maximum atomic E-state index is 11.4. The second kappa shape index (κ2) is 30.3. The van der Waals surface area contributed by atoms with E-state index in [1.165, 1.54) is 12.8 Å². The van der Waals surface area contributed by atoms with Crippen LogP contribution in [-0.4, -0.2) is 223 Å². The lowest BCUT2D eigenvalue weighted by Crippen LogP contribution is -2.65. The lowest BCUT2D eigenvalue weighted by Gasteiger charge is -2.47. The van der Waals surface area contributed by atoms with Gasteiger partial charge in [0.05, 0.1) is 39.6 Å². The summed E-state index contributed by atoms with van der Waals surface area (Å²) in [7, 11) is 0. The van der Waals surface area contributed by atoms with Gasteiger partial charge in [-0.25, -0.2) is 0 Å². The molecule has 4 heterocycles. The molecule has 67 heavy (non-hydrogen) atoms. The Bertz CT molecular complexity index is 1280. The largest absolute Gasteiger partial charge is 0.394 e. The maximum absolute atomic E-state index is 11.4. The quantitative estimate of drug-likeness (QED) is 0.0369. The second-order valence-electron chi connectivity index (χ2n) is 19.1. The third kappa shape index (κ3) is 16.9. The molecule has 0 aromatic carbocycles. The van der Waals surface area contributed by atoms with Crippen molar-refractivity contribution in [1.82, 2.24) is 0 Å². The standard InChI is InChI=1S/C46H86O21/c1-3-5-7-9-11-13-15-17-19-46(20-18-16-14-12-10-8-6-4-2,25-61-43-38(58)34(54)40(29(22-48)64-43)66-42-36(56)31(51)27(50)24-60-42)26-62-44-39(59)35(55)41(30(23-49)65-44)67-45-37(57)33(53)32(52)28(21-47)63-45/h27-45,47-59H,3-26H2,1-2H3/t27-,28?,29?,30?,31+,32-,33+,34-,35-,36?,37?,38?,39?,40-,41-,42+,43-,44-,45+/m0/s1. The number of rotatable bonds is 31. The minimum absolute atomic E-state index is 0.107. The number of hydrogen-bond donors (Lipinski definition) is 13. The van der Waals surface area contributed by atoms with E-state index < -0.39 is 142 Å². The summed E-state index contributed by atoms with van der Waals surface area (Å²) < 4.78 is 46.9. The highest BCUT2D eigenvalue weighted by Crippen LogP contribution is 2.38. The van der Waals surface area contributed by atoms with Crippen LogP contribution in [0, 0.1) is 5.41 Å². The summed E-state index contributed by atoms with van der Waals surface area (Å²) >= 11 is 0. The van der Waals surface area contributed by atoms with Crippen LogP contribution in [-0.2, 0) is 37.9 Å². The van der Waals surface area contributed by atoms with Gasteiger partial charge in [0, 0.05) is 5.41 Å². The van der Waals surface area contributed by atoms with Crippen molar-refractivity contribution in [1.29, 1.82) is 0 Å². The summed E-state index contributed by atoms with van der Waals surface area (Å²) in [5.74, 6) is 0. The topological polar surface area (TPSA) is 337 Å². The first-order chi connectivity index (χ1) is 32.2. The maximum Gasteiger partial charge on any atom is 0.187 e. The third-order valence-corrected chi connectivity index (χ3v) is 13.8. The zero-order valence-electron chi connectivity index (χ0n) is 39.5. The van der Waals surface area contributed by atoms with Gasteiger partial charge in [0.2, 0.25) is 0 Å². The van der Waals surface area contributed by atoms with E-state index in [2.05, 4.69) is 13.8 Å². The van der Waals surface area contributed by atoms with Gasteiger partial charge in [-0.3, -0.25) is 0 Å². The average molecular weight is 975 g/mol. The number of aliphatic hydroxyl groups is 13. The van der Waals surface area contributed by atoms with Crippen LogP contribution in [0.5, 0.6) is 0 Å². The Balaban J connectivity index is 1.53. The van der Waals surface area contributed by atoms with Gasteiger partial charge in [-0.15, -0.1) is 0 Å². The summed E-state index contributed by atoms with van der Waals surface area (Å²) in [4.78, 5) is 0. The van der Waals surface area contributed by atoms with Crippen molar-refractivity contribution in [2.24, 2.45) is 5.41 Å². The Kier molecular flexibility index (Phi) is 26.5. The predicted molar refractivity (Wildman–Crippen MR) is 236 cm³/mol. The molecule has 13 N–H and O–H groups in total. The van der Waals surface area contributed by atoms with E-state index >= 15 is 0 Å². The fraction of sp³-hybridized carbons (Fsp3) is 1.00. The smallest absolute Gasteiger partial charge is 0.187 e. The molecule has 19 atom stereocenters. The van der Waals surface area contributed by atoms with E-state index in [0.717, 1.165) is 89.9 Å². The molecule has 4 aliphatic heterocycles. The Hall–Kier alpha value is -0.840. The van der Waals surface area contributed by atoms with E-state index in [-0.39, 0.29) is 19.8 Å². The lowest BCUT2D eigenvalue weighted by molar-refractivity contribution is -0.363. The van der Waals surface area contributed by atoms with Crippen molar-refractivity contribution in [3.05, 3.63) is 0 Å². The van der Waals surface area contributed by atoms with Gasteiger partial charge in [-0.05, 0) is 12.8 Å². The van der Waals surface area contributed by atoms with Crippen molar-refractivity contribution in [3.63, 3.8) is 0 Å². The minimum atomic E-state index is -1.83. The molecule has 0 radical (unpaired) electrons. The number of hydrogen-bond acceptors (Lipinski definition) is 21. The van der Waals surface area contributed by atoms with E-state index in [1.807, 2.05) is 0 Å². The first-order valence-electron chi connectivity index (χ1n) is 24.9. The number of ether oxygens (including phenoxy) is 8. The van der Waals surface area contributed by atoms with Crippen LogP contribution >= 0.6 is 0 Å². The highest BCUT2D eigenvalue weighted by molar-refractivity contribution is 4.96. The molecule has 0 aromatic rings. The van der Waals surface area contributed by atoms with Crippen LogP contribution in [0.3, 0.4) is 0 Å². The molecule has 4 rings (SSSR count). The normalized spacial score (nSPS) is 38.6. The summed E-state index contributed by atoms with van der Waals surface area (Å²) in [5, 5.41) is 138. The van der Waals surface area contributed by atoms with Crippen LogP contribution in [0.1, 0.15) is 129 Å². The molecule has 4 fully saturated rings. The summed E-state index contributed by atoms with van der Waals surface area (Å²) in [6, 6.07) is 0. The van der Waals surface area contributed by atoms with Crippen molar-refractivity contribution in [3.8, 4) is 0 Å². The zero-order chi connectivity index (χ0) is 49.1. The highest BCUT2D eigenvalue weighted by atomic mass is 16.8. The SMILES string of the molecule is CCCCCCCCCCC(CCCCCCCCCC)(CO[C@H]1OC(CO)[C@H](O[C@H]2OC[C@H](O)[C@@H](O)C2O)[C@@H](O)C1O)CO[C@H]1OC(CO)[C@H](O[C@H]2OC(CO)[C@H](O)[C@@H](O)C2O)[C@@H](O)C1O. The van der Waals surface area contributed by atoms with E-state index in [0.29, 0.717) is 12.8 Å². The van der Waals surface area contributed by atoms with E-state index in [4.69, 9.17) is 37.9 Å². The Morgan fingerprint density at radius 1 is 0.403 bits per heavy atom. The Morgan fingerprint density at radius 2 is 0.776 bits per heavy atom. The first kappa shape index (κ1) is 58.7. The van der Waals surface area contributed by atoms with Crippen LogP contribution in [0.2, 0.25) is 0 Å². The second-order valence-corrected chi connectivity index (χ2v) is 19.1. The molecule has 7 unspecified atom stereocenters. The lowest BCUT2D eigenvalue weighted by atomic mass is 9.79. The number of aliphatic hydroxyl groups excluding tert-OH is 13. The molecule has 21 heteroatoms. The molecular formula is C46H86O21. The average Bonchev–Trinajstić information content (AvgIpc) is 3.32. The van der Waals surface area contributed by atoms with Gasteiger partial charge in [-0.2, -0.15) is 0 Å². The predicted octanol–water partition coefficient (Wildman–Crippen LogP) is -1.05. The molecule has 0 amide bonds. The number of unbranched alkanes of at least 4 members (excludes halogenated alkanes) is 14. The van der Waals surface area contributed by atoms with Gasteiger partial charge in [0.25, 0.3) is 0 Å². The highest BCUT2D eigenvalue weighted by Gasteiger charge is 2.53. The van der Waals surface area contributed by atoms with Gasteiger partial charge in [0.1, 0.15) is 91.6 Å². The molecular weight excluding hydrogens is 888 g/mol. The molecule has 0 bridgehead atoms. The van der Waals surface area contributed by atoms with Crippen molar-refractivity contribution >= 4 is 0 Å². The van der Waals surface area contributed by atoms with Gasteiger partial charge in [0.15, 0.2) is 25.2 Å². The van der Waals surface area contributed by atoms with E-state index in [1.54, 1.807) is 0 Å². The summed E-state index contributed by atoms with van der Waals surface area (Å²) in [6.45, 7) is 1.54. The van der Waals surface area contributed by atoms with Crippen LogP contribution in [0.4, 0.5) is 0 Å². The molecule has 0 spiro atoms. The van der Waals surface area contributed by atoms with E-state index in [9.17, 15) is 66.4 Å². The third-order valence-electron chi connectivity index (χ3n) is 13.8. The fourth-order valence-corrected chi connectivity index (χ4v) is 9.35. The monoisotopic (exact) mass is 975 g/mol. The van der Waals surface area contributed by atoms with Crippen molar-refractivity contribution < 1.29 is 104 Å². The van der Waals surface area contributed by atoms with Gasteiger partial charge < -0.3 is 104 Å². The van der Waals surface area contributed by atoms with Crippen LogP contribution < -0.4 is 0 Å². The fourth-order valence-electron chi connectivity index (χ4n) is 9.35.